The van der Waals surface area contributed by atoms with E-state index in [1.807, 2.05) is 24.9 Å². The molecule has 0 aromatic carbocycles. The number of ether oxygens (including phenoxy) is 1. The second-order valence-corrected chi connectivity index (χ2v) is 4.92. The number of anilines is 1. The van der Waals surface area contributed by atoms with Gasteiger partial charge in [0.05, 0.1) is 30.7 Å². The van der Waals surface area contributed by atoms with Gasteiger partial charge in [0.1, 0.15) is 5.82 Å². The summed E-state index contributed by atoms with van der Waals surface area (Å²) in [5.74, 6) is 1.63. The molecule has 3 heterocycles. The summed E-state index contributed by atoms with van der Waals surface area (Å²) in [7, 11) is 1.93. The van der Waals surface area contributed by atoms with Crippen molar-refractivity contribution in [1.29, 1.82) is 0 Å². The van der Waals surface area contributed by atoms with Crippen LogP contribution in [0.15, 0.2) is 6.20 Å². The lowest BCUT2D eigenvalue weighted by Crippen LogP contribution is -2.17. The number of nitrogens with one attached hydrogen (secondary N) is 1. The maximum atomic E-state index is 5.52. The molecule has 2 aromatic heterocycles. The molecule has 0 atom stereocenters. The number of rotatable bonds is 3. The van der Waals surface area contributed by atoms with E-state index >= 15 is 0 Å². The Balaban J connectivity index is 2.12. The number of hydrogen-bond acceptors (Lipinski definition) is 5. The number of hydrogen-bond donors (Lipinski definition) is 1. The molecule has 3 rings (SSSR count). The zero-order valence-corrected chi connectivity index (χ0v) is 12.1. The minimum atomic E-state index is 0.587. The Bertz CT molecular complexity index is 635. The lowest BCUT2D eigenvalue weighted by Gasteiger charge is -2.19. The van der Waals surface area contributed by atoms with Gasteiger partial charge in [0.25, 0.3) is 0 Å². The van der Waals surface area contributed by atoms with Crippen LogP contribution in [0.3, 0.4) is 0 Å². The van der Waals surface area contributed by atoms with Crippen LogP contribution < -0.4 is 5.32 Å². The fourth-order valence-electron chi connectivity index (χ4n) is 2.38. The molecule has 0 fully saturated rings. The summed E-state index contributed by atoms with van der Waals surface area (Å²) in [6, 6.07) is 0. The van der Waals surface area contributed by atoms with Crippen molar-refractivity contribution in [3.8, 4) is 11.4 Å². The molecule has 0 amide bonds. The van der Waals surface area contributed by atoms with Gasteiger partial charge in [0.2, 0.25) is 0 Å². The molecule has 0 saturated heterocycles. The van der Waals surface area contributed by atoms with Gasteiger partial charge in [0, 0.05) is 31.3 Å². The summed E-state index contributed by atoms with van der Waals surface area (Å²) < 4.78 is 7.36. The van der Waals surface area contributed by atoms with E-state index in [-0.39, 0.29) is 0 Å². The molecule has 6 nitrogen and oxygen atoms in total. The van der Waals surface area contributed by atoms with Crippen LogP contribution in [0.4, 0.5) is 5.82 Å². The molecule has 1 aliphatic rings. The maximum Gasteiger partial charge on any atom is 0.165 e. The molecule has 1 N–H and O–H groups in total. The monoisotopic (exact) mass is 273 g/mol. The van der Waals surface area contributed by atoms with Gasteiger partial charge in [-0.15, -0.1) is 0 Å². The summed E-state index contributed by atoms with van der Waals surface area (Å²) in [6.07, 6.45) is 2.66. The van der Waals surface area contributed by atoms with Crippen LogP contribution in [0, 0.1) is 6.92 Å². The zero-order chi connectivity index (χ0) is 14.1. The molecule has 1 aliphatic heterocycles. The first-order valence-electron chi connectivity index (χ1n) is 6.91. The minimum Gasteiger partial charge on any atom is -0.376 e. The number of nitrogens with zero attached hydrogens (tertiary/aromatic N) is 4. The second kappa shape index (κ2) is 5.20. The summed E-state index contributed by atoms with van der Waals surface area (Å²) in [4.78, 5) is 9.38. The Morgan fingerprint density at radius 3 is 2.95 bits per heavy atom. The highest BCUT2D eigenvalue weighted by molar-refractivity contribution is 5.61. The number of aromatic nitrogens is 4. The SMILES string of the molecule is CCNc1nc(-c2cnn(C)c2C)nc2c1COCC2. The minimum absolute atomic E-state index is 0.587. The first kappa shape index (κ1) is 13.1. The van der Waals surface area contributed by atoms with E-state index in [0.717, 1.165) is 53.7 Å². The van der Waals surface area contributed by atoms with E-state index in [0.29, 0.717) is 6.61 Å². The Hall–Kier alpha value is -1.95. The first-order valence-corrected chi connectivity index (χ1v) is 6.91. The Kier molecular flexibility index (Phi) is 3.40. The van der Waals surface area contributed by atoms with Crippen molar-refractivity contribution < 1.29 is 4.74 Å². The third-order valence-corrected chi connectivity index (χ3v) is 3.64. The third kappa shape index (κ3) is 2.16. The maximum absolute atomic E-state index is 5.52. The third-order valence-electron chi connectivity index (χ3n) is 3.64. The van der Waals surface area contributed by atoms with E-state index in [2.05, 4.69) is 22.3 Å². The predicted octanol–water partition coefficient (Wildman–Crippen LogP) is 1.69. The largest absolute Gasteiger partial charge is 0.376 e. The van der Waals surface area contributed by atoms with Gasteiger partial charge in [-0.3, -0.25) is 4.68 Å². The van der Waals surface area contributed by atoms with Gasteiger partial charge in [-0.25, -0.2) is 9.97 Å². The zero-order valence-electron chi connectivity index (χ0n) is 12.1. The topological polar surface area (TPSA) is 64.9 Å². The van der Waals surface area contributed by atoms with Crippen LogP contribution in [-0.4, -0.2) is 32.9 Å². The quantitative estimate of drug-likeness (QED) is 0.922. The lowest BCUT2D eigenvalue weighted by atomic mass is 10.1. The highest BCUT2D eigenvalue weighted by atomic mass is 16.5. The summed E-state index contributed by atoms with van der Waals surface area (Å²) in [5.41, 5.74) is 4.23. The van der Waals surface area contributed by atoms with E-state index in [9.17, 15) is 0 Å². The molecule has 0 saturated carbocycles. The molecule has 0 aliphatic carbocycles. The van der Waals surface area contributed by atoms with Crippen LogP contribution in [0.5, 0.6) is 0 Å². The van der Waals surface area contributed by atoms with E-state index in [1.54, 1.807) is 0 Å². The van der Waals surface area contributed by atoms with Gasteiger partial charge in [-0.2, -0.15) is 5.10 Å². The fourth-order valence-corrected chi connectivity index (χ4v) is 2.38. The highest BCUT2D eigenvalue weighted by Crippen LogP contribution is 2.27. The van der Waals surface area contributed by atoms with Crippen molar-refractivity contribution in [3.05, 3.63) is 23.1 Å². The van der Waals surface area contributed by atoms with Gasteiger partial charge in [-0.1, -0.05) is 0 Å². The average Bonchev–Trinajstić information content (AvgIpc) is 2.79. The van der Waals surface area contributed by atoms with Crippen molar-refractivity contribution in [2.24, 2.45) is 7.05 Å². The van der Waals surface area contributed by atoms with Crippen LogP contribution >= 0.6 is 0 Å². The van der Waals surface area contributed by atoms with Gasteiger partial charge in [0.15, 0.2) is 5.82 Å². The number of fused-ring (bicyclic) bond motifs is 1. The molecular formula is C14H19N5O. The van der Waals surface area contributed by atoms with Crippen molar-refractivity contribution in [1.82, 2.24) is 19.7 Å². The average molecular weight is 273 g/mol. The molecule has 20 heavy (non-hydrogen) atoms. The van der Waals surface area contributed by atoms with Crippen LogP contribution in [0.1, 0.15) is 23.9 Å². The number of aryl methyl sites for hydroxylation is 1. The molecule has 2 aromatic rings. The predicted molar refractivity (Wildman–Crippen MR) is 76.5 cm³/mol. The Labute approximate surface area is 118 Å². The van der Waals surface area contributed by atoms with E-state index in [4.69, 9.17) is 9.72 Å². The van der Waals surface area contributed by atoms with Crippen molar-refractivity contribution in [2.75, 3.05) is 18.5 Å². The van der Waals surface area contributed by atoms with Crippen LogP contribution in [-0.2, 0) is 24.8 Å². The van der Waals surface area contributed by atoms with E-state index in [1.165, 1.54) is 0 Å². The van der Waals surface area contributed by atoms with Crippen LogP contribution in [0.2, 0.25) is 0 Å². The highest BCUT2D eigenvalue weighted by Gasteiger charge is 2.20. The van der Waals surface area contributed by atoms with Gasteiger partial charge >= 0.3 is 0 Å². The normalized spacial score (nSPS) is 14.2. The molecule has 106 valence electrons. The lowest BCUT2D eigenvalue weighted by molar-refractivity contribution is 0.109. The van der Waals surface area contributed by atoms with Crippen LogP contribution in [0.25, 0.3) is 11.4 Å². The first-order chi connectivity index (χ1) is 9.70. The van der Waals surface area contributed by atoms with Gasteiger partial charge < -0.3 is 10.1 Å². The summed E-state index contributed by atoms with van der Waals surface area (Å²) in [6.45, 7) is 6.23. The summed E-state index contributed by atoms with van der Waals surface area (Å²) in [5, 5.41) is 7.59. The molecule has 6 heteroatoms. The standard InChI is InChI=1S/C14H19N5O/c1-4-15-13-11-8-20-6-5-12(11)17-14(18-13)10-7-16-19(3)9(10)2/h7H,4-6,8H2,1-3H3,(H,15,17,18). The summed E-state index contributed by atoms with van der Waals surface area (Å²) >= 11 is 0. The van der Waals surface area contributed by atoms with Crippen molar-refractivity contribution in [3.63, 3.8) is 0 Å². The second-order valence-electron chi connectivity index (χ2n) is 4.92. The molecule has 0 spiro atoms. The smallest absolute Gasteiger partial charge is 0.165 e. The Morgan fingerprint density at radius 1 is 1.40 bits per heavy atom. The van der Waals surface area contributed by atoms with Gasteiger partial charge in [-0.05, 0) is 13.8 Å². The fraction of sp³-hybridized carbons (Fsp3) is 0.500. The molecular weight excluding hydrogens is 254 g/mol. The molecule has 0 radical (unpaired) electrons. The van der Waals surface area contributed by atoms with Crippen molar-refractivity contribution >= 4 is 5.82 Å². The van der Waals surface area contributed by atoms with Crippen molar-refractivity contribution in [2.45, 2.75) is 26.9 Å². The molecule has 0 unspecified atom stereocenters. The molecule has 0 bridgehead atoms. The Morgan fingerprint density at radius 2 is 2.25 bits per heavy atom. The van der Waals surface area contributed by atoms with E-state index < -0.39 is 0 Å².